The zero-order valence-corrected chi connectivity index (χ0v) is 13.7. The molecule has 1 aromatic carbocycles. The first kappa shape index (κ1) is 18.4. The second-order valence-electron chi connectivity index (χ2n) is 6.18. The average molecular weight is 345 g/mol. The van der Waals surface area contributed by atoms with Gasteiger partial charge in [-0.1, -0.05) is 12.8 Å². The molecule has 2 unspecified atom stereocenters. The second-order valence-corrected chi connectivity index (χ2v) is 6.18. The molecule has 0 aromatic heterocycles. The van der Waals surface area contributed by atoms with Gasteiger partial charge in [-0.2, -0.15) is 13.2 Å². The van der Waals surface area contributed by atoms with Gasteiger partial charge in [-0.05, 0) is 31.0 Å². The molecule has 0 spiro atoms. The van der Waals surface area contributed by atoms with Crippen LogP contribution in [0.3, 0.4) is 0 Å². The van der Waals surface area contributed by atoms with Gasteiger partial charge in [0.05, 0.1) is 23.4 Å². The van der Waals surface area contributed by atoms with Gasteiger partial charge in [0.15, 0.2) is 0 Å². The maximum absolute atomic E-state index is 13.2. The molecule has 1 fully saturated rings. The summed E-state index contributed by atoms with van der Waals surface area (Å²) >= 11 is 0. The Kier molecular flexibility index (Phi) is 5.58. The van der Waals surface area contributed by atoms with Crippen LogP contribution in [0.2, 0.25) is 0 Å². The van der Waals surface area contributed by atoms with Crippen molar-refractivity contribution >= 4 is 17.4 Å². The third-order valence-electron chi connectivity index (χ3n) is 4.12. The van der Waals surface area contributed by atoms with Gasteiger partial charge >= 0.3 is 12.2 Å². The van der Waals surface area contributed by atoms with Crippen LogP contribution in [0.1, 0.15) is 31.2 Å². The molecule has 0 bridgehead atoms. The molecule has 8 heteroatoms. The van der Waals surface area contributed by atoms with Crippen molar-refractivity contribution < 1.29 is 23.1 Å². The fraction of sp³-hybridized carbons (Fsp3) is 0.562. The summed E-state index contributed by atoms with van der Waals surface area (Å²) < 4.78 is 39.7. The van der Waals surface area contributed by atoms with Gasteiger partial charge in [-0.15, -0.1) is 0 Å². The number of halogens is 3. The number of carbonyl (C=O) groups excluding carboxylic acids is 1. The van der Waals surface area contributed by atoms with Crippen LogP contribution in [-0.2, 0) is 6.18 Å². The minimum absolute atomic E-state index is 0.309. The maximum Gasteiger partial charge on any atom is 0.418 e. The molecule has 1 aliphatic rings. The number of hydrogen-bond acceptors (Lipinski definition) is 3. The molecule has 1 aromatic rings. The molecule has 2 atom stereocenters. The Bertz CT molecular complexity index is 590. The number of carbonyl (C=O) groups is 1. The van der Waals surface area contributed by atoms with Gasteiger partial charge in [0.1, 0.15) is 0 Å². The highest BCUT2D eigenvalue weighted by molar-refractivity contribution is 5.90. The largest absolute Gasteiger partial charge is 0.418 e. The number of anilines is 2. The Morgan fingerprint density at radius 3 is 2.50 bits per heavy atom. The van der Waals surface area contributed by atoms with E-state index in [9.17, 15) is 23.1 Å². The zero-order valence-electron chi connectivity index (χ0n) is 13.7. The lowest BCUT2D eigenvalue weighted by Crippen LogP contribution is -2.46. The predicted octanol–water partition coefficient (Wildman–Crippen LogP) is 3.20. The van der Waals surface area contributed by atoms with Crippen molar-refractivity contribution in [1.82, 2.24) is 5.32 Å². The Balaban J connectivity index is 2.14. The highest BCUT2D eigenvalue weighted by Crippen LogP contribution is 2.37. The Hall–Kier alpha value is -1.96. The molecule has 1 aliphatic carbocycles. The van der Waals surface area contributed by atoms with Crippen LogP contribution in [0.15, 0.2) is 18.2 Å². The number of benzene rings is 1. The summed E-state index contributed by atoms with van der Waals surface area (Å²) in [7, 11) is 3.28. The van der Waals surface area contributed by atoms with E-state index < -0.39 is 29.9 Å². The number of nitrogens with zero attached hydrogens (tertiary/aromatic N) is 1. The molecule has 134 valence electrons. The maximum atomic E-state index is 13.2. The summed E-state index contributed by atoms with van der Waals surface area (Å²) in [5.74, 6) is 0. The lowest BCUT2D eigenvalue weighted by Gasteiger charge is -2.28. The van der Waals surface area contributed by atoms with Crippen LogP contribution in [0.4, 0.5) is 29.3 Å². The number of aliphatic hydroxyl groups excluding tert-OH is 1. The molecule has 5 nitrogen and oxygen atoms in total. The number of hydrogen-bond donors (Lipinski definition) is 3. The summed E-state index contributed by atoms with van der Waals surface area (Å²) in [6, 6.07) is 2.54. The van der Waals surface area contributed by atoms with Crippen molar-refractivity contribution in [3.63, 3.8) is 0 Å². The summed E-state index contributed by atoms with van der Waals surface area (Å²) in [6.07, 6.45) is -2.31. The van der Waals surface area contributed by atoms with Crippen LogP contribution in [-0.4, -0.2) is 37.4 Å². The van der Waals surface area contributed by atoms with E-state index in [1.807, 2.05) is 0 Å². The normalized spacial score (nSPS) is 21.2. The summed E-state index contributed by atoms with van der Waals surface area (Å²) in [4.78, 5) is 13.6. The van der Waals surface area contributed by atoms with Gasteiger partial charge in [0, 0.05) is 19.8 Å². The average Bonchev–Trinajstić information content (AvgIpc) is 2.48. The van der Waals surface area contributed by atoms with E-state index in [1.54, 1.807) is 19.0 Å². The predicted molar refractivity (Wildman–Crippen MR) is 86.2 cm³/mol. The van der Waals surface area contributed by atoms with Crippen molar-refractivity contribution in [3.05, 3.63) is 23.8 Å². The minimum atomic E-state index is -4.58. The fourth-order valence-electron chi connectivity index (χ4n) is 2.76. The van der Waals surface area contributed by atoms with Gasteiger partial charge in [0.2, 0.25) is 0 Å². The van der Waals surface area contributed by atoms with Gasteiger partial charge in [0.25, 0.3) is 0 Å². The molecule has 1 saturated carbocycles. The van der Waals surface area contributed by atoms with Crippen molar-refractivity contribution in [2.75, 3.05) is 24.3 Å². The van der Waals surface area contributed by atoms with Gasteiger partial charge < -0.3 is 20.6 Å². The molecular formula is C16H22F3N3O2. The second kappa shape index (κ2) is 7.29. The minimum Gasteiger partial charge on any atom is -0.391 e. The fourth-order valence-corrected chi connectivity index (χ4v) is 2.76. The van der Waals surface area contributed by atoms with Crippen LogP contribution in [0.5, 0.6) is 0 Å². The van der Waals surface area contributed by atoms with E-state index in [4.69, 9.17) is 0 Å². The Morgan fingerprint density at radius 2 is 1.92 bits per heavy atom. The third-order valence-corrected chi connectivity index (χ3v) is 4.12. The van der Waals surface area contributed by atoms with E-state index in [1.165, 1.54) is 12.1 Å². The highest BCUT2D eigenvalue weighted by atomic mass is 19.4. The highest BCUT2D eigenvalue weighted by Gasteiger charge is 2.35. The monoisotopic (exact) mass is 345 g/mol. The molecule has 2 amide bonds. The summed E-state index contributed by atoms with van der Waals surface area (Å²) in [6.45, 7) is 0. The standard InChI is InChI=1S/C16H22F3N3O2/c1-22(2)10-7-8-12(11(9-10)16(17,18)19)20-15(24)21-13-5-3-4-6-14(13)23/h7-9,13-14,23H,3-6H2,1-2H3,(H2,20,21,24). The molecule has 24 heavy (non-hydrogen) atoms. The van der Waals surface area contributed by atoms with Gasteiger partial charge in [-0.3, -0.25) is 0 Å². The SMILES string of the molecule is CN(C)c1ccc(NC(=O)NC2CCCCC2O)c(C(F)(F)F)c1. The smallest absolute Gasteiger partial charge is 0.391 e. The van der Waals surface area contributed by atoms with E-state index >= 15 is 0 Å². The van der Waals surface area contributed by atoms with E-state index in [-0.39, 0.29) is 5.69 Å². The molecule has 3 N–H and O–H groups in total. The number of amides is 2. The van der Waals surface area contributed by atoms with Crippen molar-refractivity contribution in [2.45, 2.75) is 44.0 Å². The van der Waals surface area contributed by atoms with Crippen LogP contribution >= 0.6 is 0 Å². The molecule has 2 rings (SSSR count). The quantitative estimate of drug-likeness (QED) is 0.788. The van der Waals surface area contributed by atoms with Gasteiger partial charge in [-0.25, -0.2) is 4.79 Å². The molecule has 0 saturated heterocycles. The number of nitrogens with one attached hydrogen (secondary N) is 2. The first-order chi connectivity index (χ1) is 11.2. The van der Waals surface area contributed by atoms with Crippen molar-refractivity contribution in [3.8, 4) is 0 Å². The molecule has 0 radical (unpaired) electrons. The topological polar surface area (TPSA) is 64.6 Å². The molecule has 0 aliphatic heterocycles. The summed E-state index contributed by atoms with van der Waals surface area (Å²) in [5.41, 5.74) is -0.833. The van der Waals surface area contributed by atoms with Crippen LogP contribution in [0, 0.1) is 0 Å². The first-order valence-corrected chi connectivity index (χ1v) is 7.82. The third kappa shape index (κ3) is 4.53. The first-order valence-electron chi connectivity index (χ1n) is 7.82. The van der Waals surface area contributed by atoms with E-state index in [0.717, 1.165) is 18.9 Å². The molecular weight excluding hydrogens is 323 g/mol. The van der Waals surface area contributed by atoms with Crippen molar-refractivity contribution in [2.24, 2.45) is 0 Å². The summed E-state index contributed by atoms with van der Waals surface area (Å²) in [5, 5.41) is 14.6. The van der Waals surface area contributed by atoms with Crippen LogP contribution in [0.25, 0.3) is 0 Å². The zero-order chi connectivity index (χ0) is 17.9. The Labute approximate surface area is 138 Å². The lowest BCUT2D eigenvalue weighted by atomic mass is 9.93. The number of aliphatic hydroxyl groups is 1. The van der Waals surface area contributed by atoms with E-state index in [0.29, 0.717) is 18.5 Å². The number of alkyl halides is 3. The number of rotatable bonds is 3. The van der Waals surface area contributed by atoms with E-state index in [2.05, 4.69) is 10.6 Å². The van der Waals surface area contributed by atoms with Crippen LogP contribution < -0.4 is 15.5 Å². The number of urea groups is 1. The molecule has 0 heterocycles. The Morgan fingerprint density at radius 1 is 1.25 bits per heavy atom. The van der Waals surface area contributed by atoms with Crippen molar-refractivity contribution in [1.29, 1.82) is 0 Å². The lowest BCUT2D eigenvalue weighted by molar-refractivity contribution is -0.136.